The third-order valence-corrected chi connectivity index (χ3v) is 5.22. The van der Waals surface area contributed by atoms with Crippen molar-refractivity contribution in [2.45, 2.75) is 24.3 Å². The van der Waals surface area contributed by atoms with Gasteiger partial charge in [0.25, 0.3) is 0 Å². The van der Waals surface area contributed by atoms with E-state index in [1.165, 1.54) is 11.8 Å². The molecule has 140 valence electrons. The van der Waals surface area contributed by atoms with Gasteiger partial charge in [0.2, 0.25) is 5.91 Å². The lowest BCUT2D eigenvalue weighted by atomic mass is 10.3. The maximum Gasteiger partial charge on any atom is 0.237 e. The third-order valence-electron chi connectivity index (χ3n) is 3.88. The van der Waals surface area contributed by atoms with E-state index < -0.39 is 0 Å². The van der Waals surface area contributed by atoms with E-state index in [-0.39, 0.29) is 11.2 Å². The van der Waals surface area contributed by atoms with Crippen LogP contribution in [0.15, 0.2) is 53.7 Å². The molecule has 1 heterocycles. The van der Waals surface area contributed by atoms with Gasteiger partial charge in [0.1, 0.15) is 11.6 Å². The van der Waals surface area contributed by atoms with E-state index in [1.54, 1.807) is 25.3 Å². The van der Waals surface area contributed by atoms with Gasteiger partial charge in [-0.1, -0.05) is 41.6 Å². The predicted octanol–water partition coefficient (Wildman–Crippen LogP) is 4.36. The number of benzene rings is 2. The quantitative estimate of drug-likeness (QED) is 0.620. The Bertz CT molecular complexity index is 946. The van der Waals surface area contributed by atoms with E-state index >= 15 is 0 Å². The Morgan fingerprint density at radius 3 is 2.63 bits per heavy atom. The molecule has 0 aliphatic carbocycles. The average Bonchev–Trinajstić information content (AvgIpc) is 3.02. The van der Waals surface area contributed by atoms with Crippen LogP contribution in [0, 0.1) is 6.92 Å². The molecule has 1 N–H and O–H groups in total. The van der Waals surface area contributed by atoms with Crippen molar-refractivity contribution >= 4 is 35.0 Å². The summed E-state index contributed by atoms with van der Waals surface area (Å²) in [5, 5.41) is 12.0. The fraction of sp³-hybridized carbons (Fsp3) is 0.211. The second kappa shape index (κ2) is 8.45. The summed E-state index contributed by atoms with van der Waals surface area (Å²) in [7, 11) is 1.54. The highest BCUT2D eigenvalue weighted by molar-refractivity contribution is 8.00. The van der Waals surface area contributed by atoms with E-state index in [2.05, 4.69) is 15.5 Å². The van der Waals surface area contributed by atoms with Crippen molar-refractivity contribution in [3.63, 3.8) is 0 Å². The number of aromatic nitrogens is 3. The topological polar surface area (TPSA) is 69.0 Å². The number of rotatable bonds is 6. The van der Waals surface area contributed by atoms with Crippen molar-refractivity contribution in [2.24, 2.45) is 0 Å². The van der Waals surface area contributed by atoms with Gasteiger partial charge < -0.3 is 10.1 Å². The molecule has 1 atom stereocenters. The molecular weight excluding hydrogens is 384 g/mol. The molecule has 1 aromatic heterocycles. The van der Waals surface area contributed by atoms with Crippen LogP contribution in [-0.2, 0) is 4.79 Å². The number of aryl methyl sites for hydroxylation is 1. The minimum absolute atomic E-state index is 0.151. The van der Waals surface area contributed by atoms with E-state index in [0.29, 0.717) is 21.6 Å². The molecular formula is C19H19ClN4O2S. The number of methoxy groups -OCH3 is 1. The predicted molar refractivity (Wildman–Crippen MR) is 108 cm³/mol. The molecule has 0 bridgehead atoms. The van der Waals surface area contributed by atoms with Crippen molar-refractivity contribution in [1.29, 1.82) is 0 Å². The van der Waals surface area contributed by atoms with E-state index in [9.17, 15) is 4.79 Å². The number of thioether (sulfide) groups is 1. The lowest BCUT2D eigenvalue weighted by molar-refractivity contribution is -0.115. The summed E-state index contributed by atoms with van der Waals surface area (Å²) in [5.74, 6) is 1.17. The second-order valence-electron chi connectivity index (χ2n) is 5.80. The van der Waals surface area contributed by atoms with Crippen LogP contribution in [0.5, 0.6) is 5.75 Å². The summed E-state index contributed by atoms with van der Waals surface area (Å²) in [6.07, 6.45) is 0. The smallest absolute Gasteiger partial charge is 0.237 e. The summed E-state index contributed by atoms with van der Waals surface area (Å²) >= 11 is 7.46. The molecule has 0 saturated heterocycles. The summed E-state index contributed by atoms with van der Waals surface area (Å²) in [6, 6.07) is 14.9. The van der Waals surface area contributed by atoms with Crippen LogP contribution in [0.3, 0.4) is 0 Å². The van der Waals surface area contributed by atoms with Gasteiger partial charge in [0.05, 0.1) is 17.4 Å². The van der Waals surface area contributed by atoms with Gasteiger partial charge in [-0.15, -0.1) is 10.2 Å². The van der Waals surface area contributed by atoms with Crippen LogP contribution in [0.2, 0.25) is 5.02 Å². The number of hydrogen-bond acceptors (Lipinski definition) is 5. The Morgan fingerprint density at radius 2 is 1.96 bits per heavy atom. The molecule has 0 spiro atoms. The van der Waals surface area contributed by atoms with Crippen molar-refractivity contribution in [2.75, 3.05) is 12.4 Å². The average molecular weight is 403 g/mol. The van der Waals surface area contributed by atoms with Crippen LogP contribution in [0.4, 0.5) is 5.69 Å². The molecule has 3 rings (SSSR count). The molecule has 6 nitrogen and oxygen atoms in total. The first-order valence-corrected chi connectivity index (χ1v) is 9.54. The zero-order chi connectivity index (χ0) is 19.4. The molecule has 0 radical (unpaired) electrons. The standard InChI is InChI=1S/C19H19ClN4O2S/c1-12(18(25)21-14-9-10-17(26-3)16(20)11-14)27-19-23-22-13(2)24(19)15-7-5-4-6-8-15/h4-12H,1-3H3,(H,21,25)/t12-/m0/s1. The molecule has 2 aromatic carbocycles. The van der Waals surface area contributed by atoms with Crippen molar-refractivity contribution in [3.05, 3.63) is 59.4 Å². The normalized spacial score (nSPS) is 11.9. The first-order chi connectivity index (χ1) is 13.0. The van der Waals surface area contributed by atoms with Crippen LogP contribution >= 0.6 is 23.4 Å². The second-order valence-corrected chi connectivity index (χ2v) is 7.51. The highest BCUT2D eigenvalue weighted by atomic mass is 35.5. The SMILES string of the molecule is COc1ccc(NC(=O)[C@H](C)Sc2nnc(C)n2-c2ccccc2)cc1Cl. The number of carbonyl (C=O) groups is 1. The minimum atomic E-state index is -0.378. The summed E-state index contributed by atoms with van der Waals surface area (Å²) < 4.78 is 7.05. The molecule has 3 aromatic rings. The molecule has 0 fully saturated rings. The Kier molecular flexibility index (Phi) is 6.03. The Balaban J connectivity index is 1.73. The van der Waals surface area contributed by atoms with Gasteiger partial charge in [-0.3, -0.25) is 9.36 Å². The maximum atomic E-state index is 12.6. The first kappa shape index (κ1) is 19.3. The van der Waals surface area contributed by atoms with E-state index in [4.69, 9.17) is 16.3 Å². The summed E-state index contributed by atoms with van der Waals surface area (Å²) in [5.41, 5.74) is 1.57. The molecule has 8 heteroatoms. The molecule has 0 aliphatic heterocycles. The number of carbonyl (C=O) groups excluding carboxylic acids is 1. The Hall–Kier alpha value is -2.51. The number of halogens is 1. The van der Waals surface area contributed by atoms with Crippen LogP contribution in [0.25, 0.3) is 5.69 Å². The fourth-order valence-electron chi connectivity index (χ4n) is 2.49. The minimum Gasteiger partial charge on any atom is -0.495 e. The maximum absolute atomic E-state index is 12.6. The Labute approximate surface area is 166 Å². The Morgan fingerprint density at radius 1 is 1.22 bits per heavy atom. The van der Waals surface area contributed by atoms with Crippen molar-refractivity contribution in [1.82, 2.24) is 14.8 Å². The number of para-hydroxylation sites is 1. The molecule has 1 amide bonds. The number of hydrogen-bond donors (Lipinski definition) is 1. The monoisotopic (exact) mass is 402 g/mol. The van der Waals surface area contributed by atoms with Crippen LogP contribution in [-0.4, -0.2) is 33.0 Å². The van der Waals surface area contributed by atoms with Crippen molar-refractivity contribution < 1.29 is 9.53 Å². The zero-order valence-electron chi connectivity index (χ0n) is 15.1. The van der Waals surface area contributed by atoms with Crippen LogP contribution < -0.4 is 10.1 Å². The largest absolute Gasteiger partial charge is 0.495 e. The molecule has 0 unspecified atom stereocenters. The number of ether oxygens (including phenoxy) is 1. The number of anilines is 1. The number of amides is 1. The lowest BCUT2D eigenvalue weighted by Gasteiger charge is -2.14. The summed E-state index contributed by atoms with van der Waals surface area (Å²) in [6.45, 7) is 3.71. The van der Waals surface area contributed by atoms with E-state index in [0.717, 1.165) is 11.5 Å². The number of nitrogens with zero attached hydrogens (tertiary/aromatic N) is 3. The lowest BCUT2D eigenvalue weighted by Crippen LogP contribution is -2.22. The van der Waals surface area contributed by atoms with E-state index in [1.807, 2.05) is 48.7 Å². The summed E-state index contributed by atoms with van der Waals surface area (Å²) in [4.78, 5) is 12.6. The van der Waals surface area contributed by atoms with Gasteiger partial charge in [-0.25, -0.2) is 0 Å². The first-order valence-electron chi connectivity index (χ1n) is 8.28. The highest BCUT2D eigenvalue weighted by Crippen LogP contribution is 2.29. The zero-order valence-corrected chi connectivity index (χ0v) is 16.7. The molecule has 0 saturated carbocycles. The van der Waals surface area contributed by atoms with Gasteiger partial charge in [-0.05, 0) is 44.2 Å². The fourth-order valence-corrected chi connectivity index (χ4v) is 3.66. The van der Waals surface area contributed by atoms with Gasteiger partial charge in [0.15, 0.2) is 5.16 Å². The number of nitrogens with one attached hydrogen (secondary N) is 1. The van der Waals surface area contributed by atoms with Crippen LogP contribution in [0.1, 0.15) is 12.7 Å². The van der Waals surface area contributed by atoms with Gasteiger partial charge in [0, 0.05) is 11.4 Å². The van der Waals surface area contributed by atoms with Gasteiger partial charge in [-0.2, -0.15) is 0 Å². The van der Waals surface area contributed by atoms with Crippen molar-refractivity contribution in [3.8, 4) is 11.4 Å². The molecule has 0 aliphatic rings. The third kappa shape index (κ3) is 4.43. The highest BCUT2D eigenvalue weighted by Gasteiger charge is 2.20. The molecule has 27 heavy (non-hydrogen) atoms. The van der Waals surface area contributed by atoms with Gasteiger partial charge >= 0.3 is 0 Å².